The molecule has 5 atom stereocenters. The lowest BCUT2D eigenvalue weighted by atomic mass is 9.43. The van der Waals surface area contributed by atoms with E-state index in [4.69, 9.17) is 4.74 Å². The third kappa shape index (κ3) is 1.96. The normalized spacial score (nSPS) is 39.0. The van der Waals surface area contributed by atoms with Gasteiger partial charge in [0.1, 0.15) is 17.1 Å². The molecule has 3 aliphatic rings. The topological polar surface area (TPSA) is 85.7 Å². The number of aromatic amines is 1. The van der Waals surface area contributed by atoms with E-state index < -0.39 is 0 Å². The van der Waals surface area contributed by atoms with E-state index in [0.717, 1.165) is 43.1 Å². The van der Waals surface area contributed by atoms with E-state index in [1.54, 1.807) is 12.3 Å². The zero-order valence-corrected chi connectivity index (χ0v) is 17.2. The van der Waals surface area contributed by atoms with Crippen LogP contribution >= 0.6 is 0 Å². The maximum Gasteiger partial charge on any atom is 0.196 e. The van der Waals surface area contributed by atoms with Crippen LogP contribution in [0.3, 0.4) is 0 Å². The summed E-state index contributed by atoms with van der Waals surface area (Å²) in [5.41, 5.74) is 0.113. The van der Waals surface area contributed by atoms with Crippen molar-refractivity contribution in [2.45, 2.75) is 71.5 Å². The number of nitrogens with one attached hydrogen (secondary N) is 1. The predicted molar refractivity (Wildman–Crippen MR) is 108 cm³/mol. The highest BCUT2D eigenvalue weighted by Crippen LogP contribution is 2.67. The van der Waals surface area contributed by atoms with Crippen molar-refractivity contribution in [3.63, 3.8) is 0 Å². The Kier molecular flexibility index (Phi) is 3.49. The van der Waals surface area contributed by atoms with Crippen LogP contribution in [0.2, 0.25) is 0 Å². The minimum absolute atomic E-state index is 0.0514. The molecule has 2 fully saturated rings. The number of rotatable bonds is 0. The van der Waals surface area contributed by atoms with Crippen LogP contribution < -0.4 is 4.74 Å². The molecule has 152 valence electrons. The molecule has 0 amide bonds. The second kappa shape index (κ2) is 5.38. The first-order valence-corrected chi connectivity index (χ1v) is 10.5. The summed E-state index contributed by atoms with van der Waals surface area (Å²) in [6.45, 7) is 8.98. The van der Waals surface area contributed by atoms with Crippen LogP contribution in [0.5, 0.6) is 17.4 Å². The third-order valence-electron chi connectivity index (χ3n) is 8.89. The fraction of sp³-hybridized carbons (Fsp3) is 0.652. The Hall–Kier alpha value is -1.88. The molecule has 1 aromatic carbocycles. The maximum atomic E-state index is 10.8. The van der Waals surface area contributed by atoms with Gasteiger partial charge in [0.25, 0.3) is 0 Å². The van der Waals surface area contributed by atoms with Gasteiger partial charge >= 0.3 is 0 Å². The lowest BCUT2D eigenvalue weighted by Crippen LogP contribution is -2.70. The van der Waals surface area contributed by atoms with E-state index in [1.807, 2.05) is 0 Å². The number of aromatic hydroxyl groups is 2. The summed E-state index contributed by atoms with van der Waals surface area (Å²) in [4.78, 5) is 2.86. The molecule has 0 bridgehead atoms. The van der Waals surface area contributed by atoms with Gasteiger partial charge in [-0.3, -0.25) is 0 Å². The van der Waals surface area contributed by atoms with Gasteiger partial charge in [-0.15, -0.1) is 0 Å². The molecule has 5 rings (SSSR count). The minimum Gasteiger partial charge on any atom is -0.508 e. The number of hydrogen-bond donors (Lipinski definition) is 4. The van der Waals surface area contributed by atoms with Crippen molar-refractivity contribution in [3.05, 3.63) is 17.8 Å². The summed E-state index contributed by atoms with van der Waals surface area (Å²) >= 11 is 0. The Morgan fingerprint density at radius 3 is 2.61 bits per heavy atom. The average Bonchev–Trinajstić information content (AvgIpc) is 3.00. The van der Waals surface area contributed by atoms with Gasteiger partial charge in [-0.05, 0) is 49.5 Å². The van der Waals surface area contributed by atoms with Gasteiger partial charge < -0.3 is 25.0 Å². The molecule has 5 nitrogen and oxygen atoms in total. The van der Waals surface area contributed by atoms with Gasteiger partial charge in [0.05, 0.1) is 11.5 Å². The predicted octanol–water partition coefficient (Wildman–Crippen LogP) is 4.49. The number of aliphatic hydroxyl groups excluding tert-OH is 1. The molecule has 2 aromatic rings. The Morgan fingerprint density at radius 2 is 1.86 bits per heavy atom. The molecule has 1 aromatic heterocycles. The van der Waals surface area contributed by atoms with E-state index >= 15 is 0 Å². The van der Waals surface area contributed by atoms with Crippen LogP contribution in [-0.2, 0) is 6.42 Å². The molecule has 2 aliphatic carbocycles. The summed E-state index contributed by atoms with van der Waals surface area (Å²) in [6.07, 6.45) is 5.87. The molecule has 1 spiro atoms. The zero-order valence-electron chi connectivity index (χ0n) is 17.2. The summed E-state index contributed by atoms with van der Waals surface area (Å²) < 4.78 is 6.99. The van der Waals surface area contributed by atoms with Crippen molar-refractivity contribution in [3.8, 4) is 17.4 Å². The van der Waals surface area contributed by atoms with Gasteiger partial charge in [0, 0.05) is 28.5 Å². The molecular weight excluding hydrogens is 354 g/mol. The summed E-state index contributed by atoms with van der Waals surface area (Å²) in [5, 5.41) is 33.1. The number of aliphatic hydroxyl groups is 1. The summed E-state index contributed by atoms with van der Waals surface area (Å²) in [7, 11) is 0. The highest BCUT2D eigenvalue weighted by atomic mass is 16.5. The second-order valence-electron chi connectivity index (χ2n) is 10.3. The van der Waals surface area contributed by atoms with E-state index in [1.165, 1.54) is 0 Å². The van der Waals surface area contributed by atoms with Crippen LogP contribution in [0.25, 0.3) is 10.8 Å². The van der Waals surface area contributed by atoms with Crippen LogP contribution in [0, 0.1) is 22.7 Å². The van der Waals surface area contributed by atoms with Gasteiger partial charge in [0.2, 0.25) is 0 Å². The van der Waals surface area contributed by atoms with Gasteiger partial charge in [-0.1, -0.05) is 27.7 Å². The summed E-state index contributed by atoms with van der Waals surface area (Å²) in [6, 6.07) is 1.64. The smallest absolute Gasteiger partial charge is 0.196 e. The van der Waals surface area contributed by atoms with Gasteiger partial charge in [-0.2, -0.15) is 0 Å². The molecule has 0 radical (unpaired) electrons. The van der Waals surface area contributed by atoms with E-state index in [9.17, 15) is 15.3 Å². The van der Waals surface area contributed by atoms with Crippen molar-refractivity contribution in [2.24, 2.45) is 22.7 Å². The quantitative estimate of drug-likeness (QED) is 0.538. The van der Waals surface area contributed by atoms with Crippen molar-refractivity contribution in [1.82, 2.24) is 4.98 Å². The number of aromatic nitrogens is 1. The highest BCUT2D eigenvalue weighted by Gasteiger charge is 2.67. The van der Waals surface area contributed by atoms with Crippen LogP contribution in [0.15, 0.2) is 12.3 Å². The van der Waals surface area contributed by atoms with Crippen molar-refractivity contribution >= 4 is 10.8 Å². The first-order valence-electron chi connectivity index (χ1n) is 10.5. The lowest BCUT2D eigenvalue weighted by Gasteiger charge is -2.66. The van der Waals surface area contributed by atoms with Crippen molar-refractivity contribution in [1.29, 1.82) is 0 Å². The molecule has 2 unspecified atom stereocenters. The fourth-order valence-corrected chi connectivity index (χ4v) is 6.83. The van der Waals surface area contributed by atoms with E-state index in [0.29, 0.717) is 17.1 Å². The van der Waals surface area contributed by atoms with Gasteiger partial charge in [0.15, 0.2) is 5.88 Å². The molecular formula is C23H31NO4. The number of fused-ring (bicyclic) bond motifs is 3. The Bertz CT molecular complexity index is 963. The minimum atomic E-state index is -0.381. The molecule has 5 heteroatoms. The number of phenols is 1. The lowest BCUT2D eigenvalue weighted by molar-refractivity contribution is -0.233. The van der Waals surface area contributed by atoms with Gasteiger partial charge in [-0.25, -0.2) is 0 Å². The number of ether oxygens (including phenoxy) is 1. The number of hydrogen-bond acceptors (Lipinski definition) is 4. The Balaban J connectivity index is 1.77. The molecule has 4 N–H and O–H groups in total. The maximum absolute atomic E-state index is 10.8. The molecule has 1 aliphatic heterocycles. The van der Waals surface area contributed by atoms with Crippen LogP contribution in [-0.4, -0.2) is 32.0 Å². The van der Waals surface area contributed by atoms with Crippen molar-refractivity contribution < 1.29 is 20.1 Å². The largest absolute Gasteiger partial charge is 0.508 e. The second-order valence-corrected chi connectivity index (χ2v) is 10.3. The first-order chi connectivity index (χ1) is 13.1. The van der Waals surface area contributed by atoms with Crippen LogP contribution in [0.1, 0.15) is 58.9 Å². The molecule has 0 saturated heterocycles. The monoisotopic (exact) mass is 385 g/mol. The fourth-order valence-electron chi connectivity index (χ4n) is 6.83. The highest BCUT2D eigenvalue weighted by molar-refractivity contribution is 5.95. The number of H-pyrrole nitrogens is 1. The Labute approximate surface area is 165 Å². The first kappa shape index (κ1) is 18.2. The SMILES string of the molecule is C[C@H]1CCC2C(C)(C)[C@@H](O)CCC23Oc2c(c(O)cc4c(O)[nH]cc24)C[C@]13C. The van der Waals surface area contributed by atoms with Crippen LogP contribution in [0.4, 0.5) is 0 Å². The molecule has 2 heterocycles. The third-order valence-corrected chi connectivity index (χ3v) is 8.89. The molecule has 2 saturated carbocycles. The summed E-state index contributed by atoms with van der Waals surface area (Å²) in [5.74, 6) is 1.64. The standard InChI is InChI=1S/C23H31NO4/c1-12-5-6-17-21(2,3)18(26)7-8-23(17)22(12,4)10-14-16(25)9-13-15(19(14)28-23)11-24-20(13)27/h9,11-12,17-18,24-27H,5-8,10H2,1-4H3/t12-,17?,18-,22+,23?/m0/s1. The number of phenolic OH excluding ortho intramolecular Hbond substituents is 1. The van der Waals surface area contributed by atoms with Crippen molar-refractivity contribution in [2.75, 3.05) is 0 Å². The Morgan fingerprint density at radius 1 is 1.11 bits per heavy atom. The number of benzene rings is 1. The van der Waals surface area contributed by atoms with E-state index in [-0.39, 0.29) is 40.1 Å². The average molecular weight is 386 g/mol. The zero-order chi connectivity index (χ0) is 20.1. The van der Waals surface area contributed by atoms with E-state index in [2.05, 4.69) is 32.7 Å². The molecule has 28 heavy (non-hydrogen) atoms.